The van der Waals surface area contributed by atoms with Crippen LogP contribution in [0.25, 0.3) is 0 Å². The van der Waals surface area contributed by atoms with E-state index in [4.69, 9.17) is 4.18 Å². The Balaban J connectivity index is 2.32. The number of hydrogen-bond acceptors (Lipinski definition) is 4. The van der Waals surface area contributed by atoms with Gasteiger partial charge in [0.2, 0.25) is 0 Å². The summed E-state index contributed by atoms with van der Waals surface area (Å²) in [7, 11) is -3.56. The lowest BCUT2D eigenvalue weighted by atomic mass is 9.77. The van der Waals surface area contributed by atoms with Crippen LogP contribution in [0.15, 0.2) is 30.3 Å². The smallest absolute Gasteiger partial charge is 0.264 e. The molecule has 1 aliphatic carbocycles. The van der Waals surface area contributed by atoms with E-state index in [-0.39, 0.29) is 0 Å². The first-order chi connectivity index (χ1) is 8.42. The molecule has 18 heavy (non-hydrogen) atoms. The van der Waals surface area contributed by atoms with Gasteiger partial charge in [-0.15, -0.1) is 0 Å². The molecule has 2 rings (SSSR count). The summed E-state index contributed by atoms with van der Waals surface area (Å²) in [5.41, 5.74) is -0.485. The summed E-state index contributed by atoms with van der Waals surface area (Å²) in [4.78, 5) is 0. The van der Waals surface area contributed by atoms with Crippen LogP contribution in [0.2, 0.25) is 0 Å². The van der Waals surface area contributed by atoms with Gasteiger partial charge in [0.1, 0.15) is 11.7 Å². The highest BCUT2D eigenvalue weighted by molar-refractivity contribution is 7.86. The van der Waals surface area contributed by atoms with Crippen LogP contribution < -0.4 is 0 Å². The molecular formula is C13H18O4S. The summed E-state index contributed by atoms with van der Waals surface area (Å²) in [6, 6.07) is 9.15. The minimum Gasteiger partial charge on any atom is -0.382 e. The van der Waals surface area contributed by atoms with Crippen LogP contribution in [0.1, 0.15) is 31.2 Å². The average Bonchev–Trinajstić information content (AvgIpc) is 2.32. The molecule has 1 aliphatic rings. The first-order valence-corrected chi connectivity index (χ1v) is 7.90. The number of rotatable bonds is 3. The first kappa shape index (κ1) is 13.5. The second-order valence-corrected chi connectivity index (χ2v) is 6.43. The van der Waals surface area contributed by atoms with Crippen molar-refractivity contribution in [3.8, 4) is 0 Å². The van der Waals surface area contributed by atoms with Gasteiger partial charge in [0.25, 0.3) is 10.1 Å². The Morgan fingerprint density at radius 3 is 2.56 bits per heavy atom. The summed E-state index contributed by atoms with van der Waals surface area (Å²) in [5, 5.41) is 10.8. The Morgan fingerprint density at radius 2 is 1.94 bits per heavy atom. The van der Waals surface area contributed by atoms with Crippen LogP contribution in [0.3, 0.4) is 0 Å². The predicted molar refractivity (Wildman–Crippen MR) is 68.5 cm³/mol. The number of benzene rings is 1. The van der Waals surface area contributed by atoms with Crippen LogP contribution in [0.5, 0.6) is 0 Å². The van der Waals surface area contributed by atoms with Crippen molar-refractivity contribution in [3.05, 3.63) is 35.9 Å². The van der Waals surface area contributed by atoms with Gasteiger partial charge < -0.3 is 5.11 Å². The van der Waals surface area contributed by atoms with Gasteiger partial charge in [0, 0.05) is 0 Å². The number of aliphatic hydroxyl groups is 1. The molecule has 1 fully saturated rings. The molecule has 0 spiro atoms. The minimum atomic E-state index is -3.56. The van der Waals surface area contributed by atoms with Crippen molar-refractivity contribution in [1.82, 2.24) is 0 Å². The second-order valence-electron chi connectivity index (χ2n) is 4.83. The topological polar surface area (TPSA) is 63.6 Å². The fourth-order valence-electron chi connectivity index (χ4n) is 2.52. The van der Waals surface area contributed by atoms with E-state index in [1.165, 1.54) is 0 Å². The molecule has 0 saturated heterocycles. The van der Waals surface area contributed by atoms with Crippen molar-refractivity contribution >= 4 is 10.1 Å². The number of hydrogen-bond donors (Lipinski definition) is 1. The molecule has 0 amide bonds. The highest BCUT2D eigenvalue weighted by atomic mass is 32.2. The zero-order valence-corrected chi connectivity index (χ0v) is 11.2. The Hall–Kier alpha value is -0.910. The van der Waals surface area contributed by atoms with E-state index in [1.807, 2.05) is 30.3 Å². The monoisotopic (exact) mass is 270 g/mol. The minimum absolute atomic E-state index is 0.525. The Kier molecular flexibility index (Phi) is 3.75. The van der Waals surface area contributed by atoms with Gasteiger partial charge in [-0.3, -0.25) is 4.18 Å². The van der Waals surface area contributed by atoms with Crippen molar-refractivity contribution in [2.45, 2.75) is 37.4 Å². The third-order valence-electron chi connectivity index (χ3n) is 3.37. The zero-order chi connectivity index (χ0) is 13.2. The molecule has 0 heterocycles. The standard InChI is InChI=1S/C13H18O4S/c1-18(15,16)17-12-9-5-6-10-13(12,14)11-7-3-2-4-8-11/h2-4,7-8,12,14H,5-6,9-10H2,1H3/t12-,13-/m1/s1. The van der Waals surface area contributed by atoms with Crippen LogP contribution in [0, 0.1) is 0 Å². The van der Waals surface area contributed by atoms with E-state index >= 15 is 0 Å². The van der Waals surface area contributed by atoms with E-state index in [2.05, 4.69) is 0 Å². The molecule has 1 saturated carbocycles. The molecule has 0 aromatic heterocycles. The molecule has 4 nitrogen and oxygen atoms in total. The van der Waals surface area contributed by atoms with Gasteiger partial charge in [-0.25, -0.2) is 0 Å². The maximum atomic E-state index is 11.3. The van der Waals surface area contributed by atoms with E-state index in [0.717, 1.165) is 24.7 Å². The summed E-state index contributed by atoms with van der Waals surface area (Å²) >= 11 is 0. The fourth-order valence-corrected chi connectivity index (χ4v) is 3.20. The van der Waals surface area contributed by atoms with E-state index in [1.54, 1.807) is 0 Å². The Morgan fingerprint density at radius 1 is 1.28 bits per heavy atom. The molecule has 1 N–H and O–H groups in total. The molecule has 0 aliphatic heterocycles. The molecule has 0 bridgehead atoms. The molecular weight excluding hydrogens is 252 g/mol. The van der Waals surface area contributed by atoms with Gasteiger partial charge in [-0.05, 0) is 18.4 Å². The molecule has 1 aromatic rings. The zero-order valence-electron chi connectivity index (χ0n) is 10.4. The van der Waals surface area contributed by atoms with Gasteiger partial charge >= 0.3 is 0 Å². The first-order valence-electron chi connectivity index (χ1n) is 6.08. The molecule has 5 heteroatoms. The maximum Gasteiger partial charge on any atom is 0.264 e. The fraction of sp³-hybridized carbons (Fsp3) is 0.538. The molecule has 0 radical (unpaired) electrons. The summed E-state index contributed by atoms with van der Waals surface area (Å²) in [6.45, 7) is 0. The summed E-state index contributed by atoms with van der Waals surface area (Å²) in [6.07, 6.45) is 3.15. The van der Waals surface area contributed by atoms with Crippen LogP contribution in [0.4, 0.5) is 0 Å². The third kappa shape index (κ3) is 2.91. The van der Waals surface area contributed by atoms with Gasteiger partial charge in [0.15, 0.2) is 0 Å². The van der Waals surface area contributed by atoms with E-state index < -0.39 is 21.8 Å². The van der Waals surface area contributed by atoms with E-state index in [9.17, 15) is 13.5 Å². The van der Waals surface area contributed by atoms with Crippen molar-refractivity contribution in [1.29, 1.82) is 0 Å². The largest absolute Gasteiger partial charge is 0.382 e. The Labute approximate surface area is 108 Å². The van der Waals surface area contributed by atoms with Crippen molar-refractivity contribution < 1.29 is 17.7 Å². The quantitative estimate of drug-likeness (QED) is 0.851. The third-order valence-corrected chi connectivity index (χ3v) is 3.95. The molecule has 0 unspecified atom stereocenters. The lowest BCUT2D eigenvalue weighted by Gasteiger charge is -2.39. The van der Waals surface area contributed by atoms with Gasteiger partial charge in [0.05, 0.1) is 6.26 Å². The highest BCUT2D eigenvalue weighted by Crippen LogP contribution is 2.39. The van der Waals surface area contributed by atoms with Crippen LogP contribution in [-0.2, 0) is 19.9 Å². The van der Waals surface area contributed by atoms with Crippen molar-refractivity contribution in [2.24, 2.45) is 0 Å². The SMILES string of the molecule is CS(=O)(=O)O[C@@H]1CCCC[C@@]1(O)c1ccccc1. The van der Waals surface area contributed by atoms with Gasteiger partial charge in [-0.2, -0.15) is 8.42 Å². The second kappa shape index (κ2) is 4.99. The van der Waals surface area contributed by atoms with Crippen molar-refractivity contribution in [3.63, 3.8) is 0 Å². The normalized spacial score (nSPS) is 29.1. The highest BCUT2D eigenvalue weighted by Gasteiger charge is 2.42. The predicted octanol–water partition coefficient (Wildman–Crippen LogP) is 1.79. The van der Waals surface area contributed by atoms with Crippen molar-refractivity contribution in [2.75, 3.05) is 6.26 Å². The molecule has 2 atom stereocenters. The van der Waals surface area contributed by atoms with Crippen LogP contribution in [-0.4, -0.2) is 25.9 Å². The molecule has 1 aromatic carbocycles. The summed E-state index contributed by atoms with van der Waals surface area (Å²) < 4.78 is 27.6. The lowest BCUT2D eigenvalue weighted by Crippen LogP contribution is -2.44. The van der Waals surface area contributed by atoms with Crippen LogP contribution >= 0.6 is 0 Å². The maximum absolute atomic E-state index is 11.3. The van der Waals surface area contributed by atoms with Gasteiger partial charge in [-0.1, -0.05) is 43.2 Å². The summed E-state index contributed by atoms with van der Waals surface area (Å²) in [5.74, 6) is 0. The molecule has 100 valence electrons. The average molecular weight is 270 g/mol. The Bertz CT molecular complexity index is 497. The van der Waals surface area contributed by atoms with E-state index in [0.29, 0.717) is 12.8 Å². The lowest BCUT2D eigenvalue weighted by molar-refractivity contribution is -0.0907.